The van der Waals surface area contributed by atoms with E-state index in [0.29, 0.717) is 11.4 Å². The molecule has 0 bridgehead atoms. The van der Waals surface area contributed by atoms with Gasteiger partial charge in [0.2, 0.25) is 15.9 Å². The topological polar surface area (TPSA) is 121 Å². The van der Waals surface area contributed by atoms with E-state index in [1.165, 1.54) is 11.4 Å². The van der Waals surface area contributed by atoms with Gasteiger partial charge < -0.3 is 24.6 Å². The minimum absolute atomic E-state index is 0.0957. The van der Waals surface area contributed by atoms with Gasteiger partial charge in [0.25, 0.3) is 5.91 Å². The number of carbonyl (C=O) groups is 2. The number of benzene rings is 2. The van der Waals surface area contributed by atoms with Crippen LogP contribution in [0.3, 0.4) is 0 Å². The second-order valence-corrected chi connectivity index (χ2v) is 12.5. The molecule has 10 nitrogen and oxygen atoms in total. The quantitative estimate of drug-likeness (QED) is 0.440. The Morgan fingerprint density at radius 1 is 1.26 bits per heavy atom. The average molecular weight is 557 g/mol. The van der Waals surface area contributed by atoms with Gasteiger partial charge >= 0.3 is 0 Å². The van der Waals surface area contributed by atoms with Crippen molar-refractivity contribution in [2.24, 2.45) is 13.0 Å². The molecule has 4 rings (SSSR count). The van der Waals surface area contributed by atoms with Gasteiger partial charge in [-0.15, -0.1) is 0 Å². The van der Waals surface area contributed by atoms with E-state index in [2.05, 4.69) is 5.32 Å². The van der Waals surface area contributed by atoms with Crippen molar-refractivity contribution in [3.8, 4) is 5.75 Å². The van der Waals surface area contributed by atoms with Gasteiger partial charge in [-0.3, -0.25) is 9.59 Å². The Bertz CT molecular complexity index is 1480. The zero-order valence-corrected chi connectivity index (χ0v) is 23.7. The predicted octanol–water partition coefficient (Wildman–Crippen LogP) is 2.47. The van der Waals surface area contributed by atoms with Crippen LogP contribution in [0.1, 0.15) is 29.8 Å². The fraction of sp³-hybridized carbons (Fsp3) is 0.429. The van der Waals surface area contributed by atoms with Gasteiger partial charge in [0.15, 0.2) is 0 Å². The first-order valence-electron chi connectivity index (χ1n) is 12.9. The van der Waals surface area contributed by atoms with E-state index < -0.39 is 22.2 Å². The number of aliphatic hydroxyl groups excluding tert-OH is 1. The number of aromatic nitrogens is 1. The Labute approximate surface area is 229 Å². The Morgan fingerprint density at radius 3 is 2.67 bits per heavy atom. The number of hydrogen-bond donors (Lipinski definition) is 2. The van der Waals surface area contributed by atoms with E-state index >= 15 is 0 Å². The maximum atomic E-state index is 13.6. The lowest BCUT2D eigenvalue weighted by Crippen LogP contribution is -2.50. The number of nitrogens with one attached hydrogen (secondary N) is 1. The molecule has 2 heterocycles. The number of nitrogens with zero attached hydrogens (tertiary/aromatic N) is 3. The Hall–Kier alpha value is -3.41. The normalized spacial score (nSPS) is 18.8. The fourth-order valence-corrected chi connectivity index (χ4v) is 5.27. The molecule has 0 saturated carbocycles. The Morgan fingerprint density at radius 2 is 1.97 bits per heavy atom. The number of carbonyl (C=O) groups excluding carboxylic acids is 2. The summed E-state index contributed by atoms with van der Waals surface area (Å²) in [6.45, 7) is 3.76. The number of para-hydroxylation sites is 1. The predicted molar refractivity (Wildman–Crippen MR) is 150 cm³/mol. The Kier molecular flexibility index (Phi) is 8.34. The molecule has 2 amide bonds. The molecular formula is C28H36N4O6S. The summed E-state index contributed by atoms with van der Waals surface area (Å²) in [6.07, 6.45) is 2.68. The van der Waals surface area contributed by atoms with Crippen LogP contribution in [0, 0.1) is 5.92 Å². The standard InChI is InChI=1S/C28H36N4O6S/c1-18-14-32(19(2)17-33)28(35)23-13-21(10-11-25(23)38-26(18)16-31(4)39(5,36)37)29-27(34)12-20-15-30(3)24-9-7-6-8-22(20)24/h6-11,13,15,18-19,26,33H,12,14,16-17H2,1-5H3,(H,29,34)/t18-,19-,26+/m1/s1. The van der Waals surface area contributed by atoms with Crippen molar-refractivity contribution >= 4 is 38.4 Å². The number of hydrogen-bond acceptors (Lipinski definition) is 6. The average Bonchev–Trinajstić information content (AvgIpc) is 3.20. The van der Waals surface area contributed by atoms with Gasteiger partial charge in [-0.1, -0.05) is 25.1 Å². The van der Waals surface area contributed by atoms with Crippen LogP contribution in [0.5, 0.6) is 5.75 Å². The Balaban J connectivity index is 1.62. The number of fused-ring (bicyclic) bond motifs is 2. The number of aliphatic hydroxyl groups is 1. The number of ether oxygens (including phenoxy) is 1. The number of sulfonamides is 1. The molecule has 39 heavy (non-hydrogen) atoms. The summed E-state index contributed by atoms with van der Waals surface area (Å²) < 4.78 is 33.6. The highest BCUT2D eigenvalue weighted by atomic mass is 32.2. The lowest BCUT2D eigenvalue weighted by molar-refractivity contribution is -0.115. The van der Waals surface area contributed by atoms with Crippen LogP contribution in [-0.2, 0) is 28.3 Å². The highest BCUT2D eigenvalue weighted by molar-refractivity contribution is 7.88. The van der Waals surface area contributed by atoms with Crippen molar-refractivity contribution < 1.29 is 27.9 Å². The molecule has 3 atom stereocenters. The van der Waals surface area contributed by atoms with Crippen LogP contribution in [0.4, 0.5) is 5.69 Å². The molecule has 210 valence electrons. The van der Waals surface area contributed by atoms with E-state index in [1.807, 2.05) is 49.0 Å². The van der Waals surface area contributed by atoms with Gasteiger partial charge in [-0.25, -0.2) is 12.7 Å². The second kappa shape index (κ2) is 11.4. The number of amides is 2. The summed E-state index contributed by atoms with van der Waals surface area (Å²) in [5.74, 6) is -0.494. The molecule has 0 aliphatic carbocycles. The lowest BCUT2D eigenvalue weighted by atomic mass is 9.99. The monoisotopic (exact) mass is 556 g/mol. The van der Waals surface area contributed by atoms with Crippen LogP contribution in [-0.4, -0.2) is 84.3 Å². The van der Waals surface area contributed by atoms with Crippen molar-refractivity contribution in [2.75, 3.05) is 38.3 Å². The summed E-state index contributed by atoms with van der Waals surface area (Å²) in [5.41, 5.74) is 2.60. The third-order valence-corrected chi connectivity index (χ3v) is 8.56. The van der Waals surface area contributed by atoms with Crippen molar-refractivity contribution in [1.82, 2.24) is 13.8 Å². The fourth-order valence-electron chi connectivity index (χ4n) is 4.85. The molecule has 0 spiro atoms. The van der Waals surface area contributed by atoms with Gasteiger partial charge in [0.1, 0.15) is 11.9 Å². The summed E-state index contributed by atoms with van der Waals surface area (Å²) in [6, 6.07) is 12.3. The van der Waals surface area contributed by atoms with Crippen LogP contribution in [0.15, 0.2) is 48.7 Å². The van der Waals surface area contributed by atoms with E-state index in [-0.39, 0.29) is 49.4 Å². The highest BCUT2D eigenvalue weighted by Crippen LogP contribution is 2.31. The van der Waals surface area contributed by atoms with Crippen molar-refractivity contribution in [2.45, 2.75) is 32.4 Å². The number of likely N-dealkylation sites (N-methyl/N-ethyl adjacent to an activating group) is 1. The van der Waals surface area contributed by atoms with Gasteiger partial charge in [0, 0.05) is 49.3 Å². The molecule has 0 fully saturated rings. The van der Waals surface area contributed by atoms with Crippen LogP contribution in [0.25, 0.3) is 10.9 Å². The van der Waals surface area contributed by atoms with E-state index in [4.69, 9.17) is 4.74 Å². The summed E-state index contributed by atoms with van der Waals surface area (Å²) in [4.78, 5) is 28.2. The van der Waals surface area contributed by atoms with E-state index in [0.717, 1.165) is 22.7 Å². The minimum Gasteiger partial charge on any atom is -0.488 e. The zero-order chi connectivity index (χ0) is 28.5. The molecule has 2 N–H and O–H groups in total. The lowest BCUT2D eigenvalue weighted by Gasteiger charge is -2.38. The maximum Gasteiger partial charge on any atom is 0.258 e. The molecule has 0 unspecified atom stereocenters. The smallest absolute Gasteiger partial charge is 0.258 e. The molecule has 0 saturated heterocycles. The first-order valence-corrected chi connectivity index (χ1v) is 14.7. The summed E-state index contributed by atoms with van der Waals surface area (Å²) >= 11 is 0. The molecule has 2 aromatic carbocycles. The molecular weight excluding hydrogens is 520 g/mol. The maximum absolute atomic E-state index is 13.6. The van der Waals surface area contributed by atoms with E-state index in [9.17, 15) is 23.1 Å². The summed E-state index contributed by atoms with van der Waals surface area (Å²) in [5, 5.41) is 13.7. The van der Waals surface area contributed by atoms with E-state index in [1.54, 1.807) is 30.0 Å². The van der Waals surface area contributed by atoms with Crippen molar-refractivity contribution in [1.29, 1.82) is 0 Å². The van der Waals surface area contributed by atoms with Crippen molar-refractivity contribution in [3.63, 3.8) is 0 Å². The van der Waals surface area contributed by atoms with Crippen LogP contribution in [0.2, 0.25) is 0 Å². The van der Waals surface area contributed by atoms with Crippen molar-refractivity contribution in [3.05, 3.63) is 59.8 Å². The highest BCUT2D eigenvalue weighted by Gasteiger charge is 2.34. The summed E-state index contributed by atoms with van der Waals surface area (Å²) in [7, 11) is -0.0230. The van der Waals surface area contributed by atoms with Crippen LogP contribution < -0.4 is 10.1 Å². The van der Waals surface area contributed by atoms with Gasteiger partial charge in [-0.2, -0.15) is 0 Å². The molecule has 11 heteroatoms. The molecule has 1 aliphatic rings. The van der Waals surface area contributed by atoms with Gasteiger partial charge in [-0.05, 0) is 36.8 Å². The molecule has 1 aliphatic heterocycles. The van der Waals surface area contributed by atoms with Gasteiger partial charge in [0.05, 0.1) is 37.4 Å². The zero-order valence-electron chi connectivity index (χ0n) is 22.9. The SMILES string of the molecule is C[C@@H]1CN([C@H](C)CO)C(=O)c2cc(NC(=O)Cc3cn(C)c4ccccc34)ccc2O[C@H]1CN(C)S(C)(=O)=O. The number of aryl methyl sites for hydroxylation is 1. The second-order valence-electron chi connectivity index (χ2n) is 10.4. The molecule has 0 radical (unpaired) electrons. The third kappa shape index (κ3) is 6.26. The molecule has 1 aromatic heterocycles. The number of rotatable bonds is 8. The minimum atomic E-state index is -3.44. The first-order chi connectivity index (χ1) is 18.4. The number of anilines is 1. The van der Waals surface area contributed by atoms with Crippen LogP contribution >= 0.6 is 0 Å². The first kappa shape index (κ1) is 28.6. The molecule has 3 aromatic rings. The largest absolute Gasteiger partial charge is 0.488 e. The third-order valence-electron chi connectivity index (χ3n) is 7.28.